The van der Waals surface area contributed by atoms with E-state index < -0.39 is 42.5 Å². The zero-order valence-electron chi connectivity index (χ0n) is 16.4. The molecule has 1 aromatic carbocycles. The molecule has 29 heavy (non-hydrogen) atoms. The van der Waals surface area contributed by atoms with Crippen LogP contribution in [0, 0.1) is 0 Å². The molecule has 9 nitrogen and oxygen atoms in total. The van der Waals surface area contributed by atoms with E-state index in [2.05, 4.69) is 16.0 Å². The van der Waals surface area contributed by atoms with Crippen LogP contribution < -0.4 is 16.0 Å². The van der Waals surface area contributed by atoms with E-state index in [1.54, 1.807) is 24.3 Å². The van der Waals surface area contributed by atoms with Crippen molar-refractivity contribution < 1.29 is 29.0 Å². The highest BCUT2D eigenvalue weighted by Gasteiger charge is 2.29. The number of nitrogens with one attached hydrogen (secondary N) is 3. The summed E-state index contributed by atoms with van der Waals surface area (Å²) in [5, 5.41) is 16.8. The Morgan fingerprint density at radius 2 is 1.72 bits per heavy atom. The van der Waals surface area contributed by atoms with Crippen molar-refractivity contribution in [3.8, 4) is 0 Å². The van der Waals surface area contributed by atoms with Gasteiger partial charge >= 0.3 is 5.97 Å². The van der Waals surface area contributed by atoms with E-state index in [-0.39, 0.29) is 6.42 Å². The van der Waals surface area contributed by atoms with Crippen LogP contribution in [0.4, 0.5) is 0 Å². The van der Waals surface area contributed by atoms with Gasteiger partial charge in [-0.15, -0.1) is 0 Å². The Kier molecular flexibility index (Phi) is 11.4. The molecular formula is C19H27N3O6S. The van der Waals surface area contributed by atoms with Crippen molar-refractivity contribution in [2.24, 2.45) is 0 Å². The van der Waals surface area contributed by atoms with Gasteiger partial charge in [-0.05, 0) is 24.0 Å². The van der Waals surface area contributed by atoms with Gasteiger partial charge in [-0.1, -0.05) is 30.3 Å². The highest BCUT2D eigenvalue weighted by atomic mass is 32.2. The van der Waals surface area contributed by atoms with Crippen molar-refractivity contribution in [1.29, 1.82) is 0 Å². The number of benzene rings is 1. The summed E-state index contributed by atoms with van der Waals surface area (Å²) < 4.78 is 4.74. The van der Waals surface area contributed by atoms with Gasteiger partial charge in [0.2, 0.25) is 18.2 Å². The van der Waals surface area contributed by atoms with Gasteiger partial charge < -0.3 is 25.8 Å². The van der Waals surface area contributed by atoms with Gasteiger partial charge in [0.05, 0.1) is 13.7 Å². The second-order valence-corrected chi connectivity index (χ2v) is 7.12. The third-order valence-corrected chi connectivity index (χ3v) is 4.74. The van der Waals surface area contributed by atoms with Crippen LogP contribution in [0.25, 0.3) is 0 Å². The van der Waals surface area contributed by atoms with Crippen molar-refractivity contribution in [3.05, 3.63) is 35.9 Å². The van der Waals surface area contributed by atoms with E-state index in [0.717, 1.165) is 5.56 Å². The van der Waals surface area contributed by atoms with Gasteiger partial charge in [0, 0.05) is 6.42 Å². The van der Waals surface area contributed by atoms with Crippen LogP contribution in [-0.4, -0.2) is 73.2 Å². The molecule has 0 aliphatic rings. The van der Waals surface area contributed by atoms with Crippen LogP contribution in [0.15, 0.2) is 30.3 Å². The number of amides is 3. The summed E-state index contributed by atoms with van der Waals surface area (Å²) in [4.78, 5) is 47.7. The number of carbonyl (C=O) groups is 4. The highest BCUT2D eigenvalue weighted by Crippen LogP contribution is 2.06. The summed E-state index contributed by atoms with van der Waals surface area (Å²) >= 11 is 1.50. The maximum Gasteiger partial charge on any atom is 0.328 e. The third kappa shape index (κ3) is 8.53. The van der Waals surface area contributed by atoms with E-state index >= 15 is 0 Å². The molecule has 1 rings (SSSR count). The standard InChI is InChI=1S/C19H27N3O6S/c1-28-19(27)15(10-13-6-4-3-5-7-13)21-18(26)16(11-23)22-17(25)14(20-12-24)8-9-29-2/h3-7,12,14-16,23H,8-11H2,1-2H3,(H,20,24)(H,21,26)(H,22,25)/t14-,15-,16-/m0/s1. The molecule has 10 heteroatoms. The molecule has 0 unspecified atom stereocenters. The third-order valence-electron chi connectivity index (χ3n) is 4.10. The smallest absolute Gasteiger partial charge is 0.328 e. The monoisotopic (exact) mass is 425 g/mol. The average Bonchev–Trinajstić information content (AvgIpc) is 2.74. The zero-order valence-corrected chi connectivity index (χ0v) is 17.2. The van der Waals surface area contributed by atoms with Crippen molar-refractivity contribution in [2.45, 2.75) is 31.0 Å². The van der Waals surface area contributed by atoms with Crippen molar-refractivity contribution in [2.75, 3.05) is 25.7 Å². The quantitative estimate of drug-likeness (QED) is 0.241. The Bertz CT molecular complexity index is 673. The number of aliphatic hydroxyl groups is 1. The molecule has 3 atom stereocenters. The number of thioether (sulfide) groups is 1. The predicted octanol–water partition coefficient (Wildman–Crippen LogP) is -0.768. The Labute approximate surface area is 174 Å². The summed E-state index contributed by atoms with van der Waals surface area (Å²) in [5.41, 5.74) is 0.806. The van der Waals surface area contributed by atoms with E-state index in [1.807, 2.05) is 12.3 Å². The van der Waals surface area contributed by atoms with Gasteiger partial charge in [-0.2, -0.15) is 11.8 Å². The molecule has 3 amide bonds. The van der Waals surface area contributed by atoms with Crippen molar-refractivity contribution in [1.82, 2.24) is 16.0 Å². The van der Waals surface area contributed by atoms with Crippen LogP contribution in [0.3, 0.4) is 0 Å². The summed E-state index contributed by atoms with van der Waals surface area (Å²) in [6.45, 7) is -0.673. The topological polar surface area (TPSA) is 134 Å². The second kappa shape index (κ2) is 13.6. The summed E-state index contributed by atoms with van der Waals surface area (Å²) in [7, 11) is 1.21. The summed E-state index contributed by atoms with van der Waals surface area (Å²) in [5.74, 6) is -1.36. The van der Waals surface area contributed by atoms with E-state index in [4.69, 9.17) is 4.74 Å². The minimum atomic E-state index is -1.28. The van der Waals surface area contributed by atoms with Crippen LogP contribution in [0.2, 0.25) is 0 Å². The van der Waals surface area contributed by atoms with Crippen LogP contribution in [0.1, 0.15) is 12.0 Å². The fraction of sp³-hybridized carbons (Fsp3) is 0.474. The first-order valence-corrected chi connectivity index (χ1v) is 10.4. The lowest BCUT2D eigenvalue weighted by atomic mass is 10.1. The molecule has 0 fully saturated rings. The fourth-order valence-electron chi connectivity index (χ4n) is 2.53. The van der Waals surface area contributed by atoms with Crippen LogP contribution >= 0.6 is 11.8 Å². The SMILES string of the molecule is COC(=O)[C@H](Cc1ccccc1)NC(=O)[C@H](CO)NC(=O)[C@H](CCSC)NC=O. The number of rotatable bonds is 13. The molecule has 160 valence electrons. The Morgan fingerprint density at radius 3 is 2.28 bits per heavy atom. The van der Waals surface area contributed by atoms with Crippen LogP contribution in [-0.2, 0) is 30.3 Å². The maximum atomic E-state index is 12.5. The maximum absolute atomic E-state index is 12.5. The minimum absolute atomic E-state index is 0.189. The molecule has 0 spiro atoms. The Morgan fingerprint density at radius 1 is 1.10 bits per heavy atom. The first-order valence-electron chi connectivity index (χ1n) is 8.98. The number of esters is 1. The molecule has 1 aromatic rings. The predicted molar refractivity (Wildman–Crippen MR) is 109 cm³/mol. The lowest BCUT2D eigenvalue weighted by Gasteiger charge is -2.23. The number of hydrogen-bond acceptors (Lipinski definition) is 7. The van der Waals surface area contributed by atoms with E-state index in [0.29, 0.717) is 18.6 Å². The molecule has 0 aliphatic heterocycles. The molecule has 0 heterocycles. The van der Waals surface area contributed by atoms with E-state index in [1.165, 1.54) is 18.9 Å². The molecule has 0 bridgehead atoms. The molecule has 4 N–H and O–H groups in total. The van der Waals surface area contributed by atoms with Gasteiger partial charge in [-0.3, -0.25) is 14.4 Å². The molecule has 0 aliphatic carbocycles. The summed E-state index contributed by atoms with van der Waals surface area (Å²) in [6.07, 6.45) is 2.82. The largest absolute Gasteiger partial charge is 0.467 e. The molecule has 0 aromatic heterocycles. The van der Waals surface area contributed by atoms with E-state index in [9.17, 15) is 24.3 Å². The normalized spacial score (nSPS) is 13.5. The molecule has 0 radical (unpaired) electrons. The number of ether oxygens (including phenoxy) is 1. The highest BCUT2D eigenvalue weighted by molar-refractivity contribution is 7.98. The van der Waals surface area contributed by atoms with Crippen LogP contribution in [0.5, 0.6) is 0 Å². The van der Waals surface area contributed by atoms with Crippen molar-refractivity contribution in [3.63, 3.8) is 0 Å². The fourth-order valence-corrected chi connectivity index (χ4v) is 3.00. The lowest BCUT2D eigenvalue weighted by Crippen LogP contribution is -2.56. The van der Waals surface area contributed by atoms with Crippen molar-refractivity contribution >= 4 is 36.0 Å². The number of aliphatic hydroxyl groups excluding tert-OH is 1. The Hall–Kier alpha value is -2.59. The van der Waals surface area contributed by atoms with Gasteiger partial charge in [-0.25, -0.2) is 4.79 Å². The van der Waals surface area contributed by atoms with Gasteiger partial charge in [0.15, 0.2) is 0 Å². The number of methoxy groups -OCH3 is 1. The zero-order chi connectivity index (χ0) is 21.6. The second-order valence-electron chi connectivity index (χ2n) is 6.14. The van der Waals surface area contributed by atoms with Gasteiger partial charge in [0.25, 0.3) is 0 Å². The van der Waals surface area contributed by atoms with Gasteiger partial charge in [0.1, 0.15) is 18.1 Å². The number of hydrogen-bond donors (Lipinski definition) is 4. The Balaban J connectivity index is 2.80. The lowest BCUT2D eigenvalue weighted by molar-refractivity contribution is -0.145. The number of carbonyl (C=O) groups excluding carboxylic acids is 4. The minimum Gasteiger partial charge on any atom is -0.467 e. The molecule has 0 saturated heterocycles. The molecule has 0 saturated carbocycles. The molecular weight excluding hydrogens is 398 g/mol. The first kappa shape index (κ1) is 24.4. The first-order chi connectivity index (χ1) is 14.0. The summed E-state index contributed by atoms with van der Waals surface area (Å²) in [6, 6.07) is 5.94. The average molecular weight is 426 g/mol.